The Morgan fingerprint density at radius 2 is 1.29 bits per heavy atom. The fourth-order valence-corrected chi connectivity index (χ4v) is 5.48. The van der Waals surface area contributed by atoms with E-state index in [0.29, 0.717) is 0 Å². The lowest BCUT2D eigenvalue weighted by Gasteiger charge is -2.28. The molecule has 3 aromatic carbocycles. The molecule has 0 amide bonds. The summed E-state index contributed by atoms with van der Waals surface area (Å²) in [7, 11) is 0. The summed E-state index contributed by atoms with van der Waals surface area (Å²) in [5, 5.41) is 0.794. The number of hydrogen-bond donors (Lipinski definition) is 0. The van der Waals surface area contributed by atoms with E-state index in [1.165, 1.54) is 44.5 Å². The van der Waals surface area contributed by atoms with Crippen LogP contribution in [0.2, 0.25) is 5.02 Å². The van der Waals surface area contributed by atoms with Crippen LogP contribution in [0.3, 0.4) is 0 Å². The molecule has 3 aromatic rings. The molecule has 0 fully saturated rings. The van der Waals surface area contributed by atoms with Gasteiger partial charge in [-0.2, -0.15) is 0 Å². The molecule has 0 saturated carbocycles. The lowest BCUT2D eigenvalue weighted by Crippen LogP contribution is -2.18. The second-order valence-corrected chi connectivity index (χ2v) is 12.7. The molecule has 31 heavy (non-hydrogen) atoms. The summed E-state index contributed by atoms with van der Waals surface area (Å²) in [4.78, 5) is 0. The first kappa shape index (κ1) is 22.6. The van der Waals surface area contributed by atoms with Gasteiger partial charge in [0.05, 0.1) is 0 Å². The number of benzene rings is 3. The van der Waals surface area contributed by atoms with Gasteiger partial charge in [0.1, 0.15) is 0 Å². The lowest BCUT2D eigenvalue weighted by molar-refractivity contribution is 0.569. The topological polar surface area (TPSA) is 0 Å². The van der Waals surface area contributed by atoms with Crippen molar-refractivity contribution in [3.63, 3.8) is 0 Å². The van der Waals surface area contributed by atoms with Crippen molar-refractivity contribution >= 4 is 27.5 Å². The Labute approximate surface area is 201 Å². The van der Waals surface area contributed by atoms with Gasteiger partial charge in [-0.25, -0.2) is 0 Å². The summed E-state index contributed by atoms with van der Waals surface area (Å²) in [6.45, 7) is 18.4. The molecular formula is C29H32BrCl. The Morgan fingerprint density at radius 3 is 1.84 bits per heavy atom. The summed E-state index contributed by atoms with van der Waals surface area (Å²) in [5.74, 6) is 0. The van der Waals surface area contributed by atoms with Crippen molar-refractivity contribution in [3.05, 3.63) is 80.3 Å². The van der Waals surface area contributed by atoms with E-state index in [9.17, 15) is 0 Å². The molecule has 0 saturated heterocycles. The maximum atomic E-state index is 6.42. The Balaban J connectivity index is 2.06. The highest BCUT2D eigenvalue weighted by atomic mass is 79.9. The minimum Gasteiger partial charge on any atom is -0.0843 e. The van der Waals surface area contributed by atoms with Crippen LogP contribution in [0.25, 0.3) is 22.3 Å². The summed E-state index contributed by atoms with van der Waals surface area (Å²) >= 11 is 10.3. The van der Waals surface area contributed by atoms with E-state index in [1.807, 2.05) is 6.07 Å². The zero-order chi connectivity index (χ0) is 22.9. The number of fused-ring (bicyclic) bond motifs is 3. The van der Waals surface area contributed by atoms with Crippen molar-refractivity contribution in [2.45, 2.75) is 71.6 Å². The van der Waals surface area contributed by atoms with E-state index >= 15 is 0 Å². The van der Waals surface area contributed by atoms with Gasteiger partial charge in [-0.3, -0.25) is 0 Å². The van der Waals surface area contributed by atoms with Crippen molar-refractivity contribution in [1.82, 2.24) is 0 Å². The van der Waals surface area contributed by atoms with Gasteiger partial charge in [0, 0.05) is 20.5 Å². The van der Waals surface area contributed by atoms with Crippen LogP contribution in [-0.4, -0.2) is 0 Å². The van der Waals surface area contributed by atoms with Crippen LogP contribution < -0.4 is 0 Å². The summed E-state index contributed by atoms with van der Waals surface area (Å²) in [5.41, 5.74) is 10.7. The number of rotatable bonds is 1. The van der Waals surface area contributed by atoms with Gasteiger partial charge in [0.15, 0.2) is 0 Å². The molecule has 0 aliphatic heterocycles. The van der Waals surface area contributed by atoms with E-state index in [1.54, 1.807) is 0 Å². The van der Waals surface area contributed by atoms with Gasteiger partial charge < -0.3 is 0 Å². The Hall–Kier alpha value is -1.57. The summed E-state index contributed by atoms with van der Waals surface area (Å²) in [6, 6.07) is 18.0. The van der Waals surface area contributed by atoms with Crippen LogP contribution >= 0.6 is 27.5 Å². The molecule has 2 heteroatoms. The summed E-state index contributed by atoms with van der Waals surface area (Å²) < 4.78 is 1.14. The van der Waals surface area contributed by atoms with Crippen molar-refractivity contribution in [2.75, 3.05) is 0 Å². The maximum absolute atomic E-state index is 6.42. The van der Waals surface area contributed by atoms with Crippen LogP contribution in [0.1, 0.15) is 77.6 Å². The van der Waals surface area contributed by atoms with Gasteiger partial charge in [0.2, 0.25) is 0 Å². The molecule has 0 bridgehead atoms. The van der Waals surface area contributed by atoms with Crippen molar-refractivity contribution in [1.29, 1.82) is 0 Å². The van der Waals surface area contributed by atoms with E-state index in [-0.39, 0.29) is 16.2 Å². The predicted octanol–water partition coefficient (Wildman–Crippen LogP) is 9.67. The summed E-state index contributed by atoms with van der Waals surface area (Å²) in [6.07, 6.45) is 0. The quantitative estimate of drug-likeness (QED) is 0.315. The zero-order valence-corrected chi connectivity index (χ0v) is 22.2. The normalized spacial score (nSPS) is 15.0. The van der Waals surface area contributed by atoms with E-state index in [2.05, 4.69) is 114 Å². The van der Waals surface area contributed by atoms with Gasteiger partial charge in [-0.05, 0) is 68.0 Å². The van der Waals surface area contributed by atoms with Crippen LogP contribution in [0, 0.1) is 0 Å². The molecule has 1 aliphatic carbocycles. The number of hydrogen-bond acceptors (Lipinski definition) is 0. The number of halogens is 2. The third-order valence-corrected chi connectivity index (χ3v) is 7.58. The first-order valence-corrected chi connectivity index (χ1v) is 12.2. The molecular weight excluding hydrogens is 464 g/mol. The van der Waals surface area contributed by atoms with E-state index in [4.69, 9.17) is 11.6 Å². The highest BCUT2D eigenvalue weighted by molar-refractivity contribution is 9.10. The average Bonchev–Trinajstić information content (AvgIpc) is 2.89. The molecule has 4 rings (SSSR count). The first-order valence-electron chi connectivity index (χ1n) is 11.0. The standard InChI is InChI=1S/C29H32BrCl/c1-27(2,3)18-13-17(14-19(15-18)28(4,5)6)21-11-12-24(30)25-22-10-9-20(31)16-23(22)29(7,8)26(21)25/h9-16H,1-8H3. The van der Waals surface area contributed by atoms with Crippen LogP contribution in [0.4, 0.5) is 0 Å². The highest BCUT2D eigenvalue weighted by Crippen LogP contribution is 2.55. The van der Waals surface area contributed by atoms with Crippen LogP contribution in [0.5, 0.6) is 0 Å². The monoisotopic (exact) mass is 494 g/mol. The van der Waals surface area contributed by atoms with Crippen molar-refractivity contribution in [3.8, 4) is 22.3 Å². The minimum atomic E-state index is -0.131. The lowest BCUT2D eigenvalue weighted by atomic mass is 9.76. The van der Waals surface area contributed by atoms with Gasteiger partial charge in [-0.15, -0.1) is 0 Å². The second-order valence-electron chi connectivity index (χ2n) is 11.5. The fourth-order valence-electron chi connectivity index (χ4n) is 4.77. The average molecular weight is 496 g/mol. The molecule has 0 spiro atoms. The fraction of sp³-hybridized carbons (Fsp3) is 0.379. The minimum absolute atomic E-state index is 0.0839. The Kier molecular flexibility index (Phi) is 5.27. The largest absolute Gasteiger partial charge is 0.0843 e. The van der Waals surface area contributed by atoms with Gasteiger partial charge in [-0.1, -0.05) is 113 Å². The van der Waals surface area contributed by atoms with E-state index < -0.39 is 0 Å². The van der Waals surface area contributed by atoms with Gasteiger partial charge >= 0.3 is 0 Å². The third kappa shape index (κ3) is 3.79. The second kappa shape index (κ2) is 7.22. The smallest absolute Gasteiger partial charge is 0.0409 e. The highest BCUT2D eigenvalue weighted by Gasteiger charge is 2.39. The molecule has 0 heterocycles. The van der Waals surface area contributed by atoms with Crippen molar-refractivity contribution < 1.29 is 0 Å². The molecule has 0 aromatic heterocycles. The van der Waals surface area contributed by atoms with Crippen LogP contribution in [0.15, 0.2) is 53.0 Å². The van der Waals surface area contributed by atoms with Gasteiger partial charge in [0.25, 0.3) is 0 Å². The zero-order valence-electron chi connectivity index (χ0n) is 19.9. The molecule has 1 aliphatic rings. The SMILES string of the molecule is CC(C)(C)c1cc(-c2ccc(Br)c3c2C(C)(C)c2cc(Cl)ccc2-3)cc(C(C)(C)C)c1. The van der Waals surface area contributed by atoms with Crippen LogP contribution in [-0.2, 0) is 16.2 Å². The molecule has 0 nitrogen and oxygen atoms in total. The molecule has 0 radical (unpaired) electrons. The molecule has 0 N–H and O–H groups in total. The molecule has 0 unspecified atom stereocenters. The van der Waals surface area contributed by atoms with Crippen molar-refractivity contribution in [2.24, 2.45) is 0 Å². The molecule has 0 atom stereocenters. The predicted molar refractivity (Wildman–Crippen MR) is 140 cm³/mol. The van der Waals surface area contributed by atoms with E-state index in [0.717, 1.165) is 9.50 Å². The Bertz CT molecular complexity index is 1150. The third-order valence-electron chi connectivity index (χ3n) is 6.68. The Morgan fingerprint density at radius 1 is 0.742 bits per heavy atom. The first-order chi connectivity index (χ1) is 14.2. The maximum Gasteiger partial charge on any atom is 0.0409 e. The molecule has 162 valence electrons.